The Labute approximate surface area is 193 Å². The minimum absolute atomic E-state index is 0.185. The number of benzene rings is 1. The van der Waals surface area contributed by atoms with E-state index in [4.69, 9.17) is 31.5 Å². The van der Waals surface area contributed by atoms with Crippen LogP contribution in [0.15, 0.2) is 71.4 Å². The Balaban J connectivity index is 1.44. The van der Waals surface area contributed by atoms with Crippen LogP contribution in [0.25, 0.3) is 11.3 Å². The van der Waals surface area contributed by atoms with Gasteiger partial charge in [-0.05, 0) is 35.9 Å². The highest BCUT2D eigenvalue weighted by atomic mass is 35.5. The molecule has 0 spiro atoms. The summed E-state index contributed by atoms with van der Waals surface area (Å²) in [7, 11) is -4.88. The zero-order valence-corrected chi connectivity index (χ0v) is 18.6. The summed E-state index contributed by atoms with van der Waals surface area (Å²) in [4.78, 5) is 23.7. The molecular weight excluding hydrogens is 471 g/mol. The van der Waals surface area contributed by atoms with E-state index in [1.807, 2.05) is 24.3 Å². The van der Waals surface area contributed by atoms with E-state index in [1.165, 1.54) is 10.8 Å². The number of ether oxygens (including phenoxy) is 1. The van der Waals surface area contributed by atoms with Crippen molar-refractivity contribution in [3.05, 3.63) is 83.3 Å². The number of aromatic nitrogens is 3. The van der Waals surface area contributed by atoms with Crippen molar-refractivity contribution in [2.24, 2.45) is 0 Å². The lowest BCUT2D eigenvalue weighted by Crippen LogP contribution is -2.38. The fourth-order valence-electron chi connectivity index (χ4n) is 2.99. The van der Waals surface area contributed by atoms with Crippen LogP contribution in [0.4, 0.5) is 5.82 Å². The maximum absolute atomic E-state index is 10.8. The maximum atomic E-state index is 10.8. The first-order chi connectivity index (χ1) is 15.8. The standard InChI is InChI=1S/C21H18ClN4O6P/c22-19-4-1-5-20(24-19)31-16-8-6-14(7-9-16)11-15-12-18(32-25-15)17-3-2-10-26(21(17)23)13-30-33(27,28)29/h1-10,12,23H,11,13H2,(H2,27,28,29). The first kappa shape index (κ1) is 22.9. The summed E-state index contributed by atoms with van der Waals surface area (Å²) in [6.45, 7) is -0.475. The fraction of sp³-hybridized carbons (Fsp3) is 0.0952. The van der Waals surface area contributed by atoms with E-state index in [2.05, 4.69) is 14.7 Å². The Morgan fingerprint density at radius 1 is 1.18 bits per heavy atom. The molecule has 0 bridgehead atoms. The number of phosphoric ester groups is 1. The van der Waals surface area contributed by atoms with Crippen molar-refractivity contribution in [2.45, 2.75) is 13.2 Å². The highest BCUT2D eigenvalue weighted by molar-refractivity contribution is 7.44. The van der Waals surface area contributed by atoms with E-state index < -0.39 is 14.6 Å². The molecule has 0 aliphatic rings. The Morgan fingerprint density at radius 3 is 2.70 bits per heavy atom. The fourth-order valence-corrected chi connectivity index (χ4v) is 3.42. The average molecular weight is 489 g/mol. The molecule has 170 valence electrons. The Bertz CT molecular complexity index is 1310. The molecule has 3 aromatic heterocycles. The second-order valence-corrected chi connectivity index (χ2v) is 8.49. The number of hydrogen-bond donors (Lipinski definition) is 2. The van der Waals surface area contributed by atoms with Crippen LogP contribution in [-0.4, -0.2) is 15.0 Å². The average Bonchev–Trinajstić information content (AvgIpc) is 3.22. The van der Waals surface area contributed by atoms with Crippen molar-refractivity contribution in [2.75, 3.05) is 5.73 Å². The number of halogens is 1. The molecule has 0 saturated carbocycles. The van der Waals surface area contributed by atoms with Crippen LogP contribution in [-0.2, 0) is 22.2 Å². The van der Waals surface area contributed by atoms with Gasteiger partial charge in [-0.3, -0.25) is 14.8 Å². The van der Waals surface area contributed by atoms with Crippen LogP contribution in [0.2, 0.25) is 5.15 Å². The Hall–Kier alpha value is -3.27. The number of nitrogens with zero attached hydrogens (tertiary/aromatic N) is 3. The first-order valence-corrected chi connectivity index (χ1v) is 11.5. The highest BCUT2D eigenvalue weighted by Crippen LogP contribution is 2.31. The van der Waals surface area contributed by atoms with Crippen LogP contribution in [0.1, 0.15) is 11.3 Å². The van der Waals surface area contributed by atoms with E-state index in [0.717, 1.165) is 5.56 Å². The van der Waals surface area contributed by atoms with E-state index >= 15 is 0 Å². The molecule has 0 fully saturated rings. The predicted octanol–water partition coefficient (Wildman–Crippen LogP) is 3.08. The largest absolute Gasteiger partial charge is 0.756 e. The molecule has 10 nitrogen and oxygen atoms in total. The van der Waals surface area contributed by atoms with Gasteiger partial charge in [0.2, 0.25) is 5.88 Å². The van der Waals surface area contributed by atoms with E-state index in [9.17, 15) is 9.46 Å². The summed E-state index contributed by atoms with van der Waals surface area (Å²) in [6.07, 6.45) is 2.01. The molecule has 1 unspecified atom stereocenters. The zero-order chi connectivity index (χ0) is 23.4. The number of nitrogens with two attached hydrogens (primary N) is 1. The van der Waals surface area contributed by atoms with Crippen LogP contribution >= 0.6 is 19.4 Å². The van der Waals surface area contributed by atoms with Gasteiger partial charge in [0.15, 0.2) is 12.5 Å². The quantitative estimate of drug-likeness (QED) is 0.217. The van der Waals surface area contributed by atoms with Crippen LogP contribution in [0, 0.1) is 0 Å². The smallest absolute Gasteiger partial charge is 0.285 e. The molecule has 4 rings (SSSR count). The summed E-state index contributed by atoms with van der Waals surface area (Å²) >= 11 is 5.87. The van der Waals surface area contributed by atoms with Gasteiger partial charge in [-0.25, -0.2) is 9.55 Å². The van der Waals surface area contributed by atoms with Gasteiger partial charge in [0.05, 0.1) is 11.9 Å². The van der Waals surface area contributed by atoms with Crippen LogP contribution < -0.4 is 19.9 Å². The van der Waals surface area contributed by atoms with Gasteiger partial charge in [0.1, 0.15) is 16.5 Å². The Morgan fingerprint density at radius 2 is 1.97 bits per heavy atom. The van der Waals surface area contributed by atoms with Crippen molar-refractivity contribution in [3.8, 4) is 23.0 Å². The third kappa shape index (κ3) is 6.16. The Kier molecular flexibility index (Phi) is 6.73. The number of nitrogen functional groups attached to an aromatic ring is 1. The maximum Gasteiger partial charge on any atom is 0.285 e. The van der Waals surface area contributed by atoms with Gasteiger partial charge in [-0.15, -0.1) is 0 Å². The van der Waals surface area contributed by atoms with Gasteiger partial charge in [0.25, 0.3) is 13.6 Å². The molecule has 12 heteroatoms. The molecule has 4 aromatic rings. The summed E-state index contributed by atoms with van der Waals surface area (Å²) in [5, 5.41) is 4.43. The summed E-state index contributed by atoms with van der Waals surface area (Å²) in [6, 6.07) is 17.6. The summed E-state index contributed by atoms with van der Waals surface area (Å²) in [5.74, 6) is 1.60. The normalized spacial score (nSPS) is 12.9. The molecular formula is C21H18ClN4O6P. The second kappa shape index (κ2) is 9.70. The van der Waals surface area contributed by atoms with Crippen molar-refractivity contribution in [1.29, 1.82) is 0 Å². The number of hydrogen-bond acceptors (Lipinski definition) is 8. The summed E-state index contributed by atoms with van der Waals surface area (Å²) in [5.41, 5.74) is 8.23. The topological polar surface area (TPSA) is 148 Å². The third-order valence-corrected chi connectivity index (χ3v) is 5.17. The predicted molar refractivity (Wildman–Crippen MR) is 116 cm³/mol. The lowest BCUT2D eigenvalue weighted by atomic mass is 10.1. The molecule has 0 aliphatic carbocycles. The van der Waals surface area contributed by atoms with Crippen molar-refractivity contribution in [1.82, 2.24) is 10.1 Å². The lowest BCUT2D eigenvalue weighted by Gasteiger charge is -2.14. The monoisotopic (exact) mass is 488 g/mol. The molecule has 33 heavy (non-hydrogen) atoms. The van der Waals surface area contributed by atoms with Gasteiger partial charge < -0.3 is 19.0 Å². The third-order valence-electron chi connectivity index (χ3n) is 4.52. The van der Waals surface area contributed by atoms with Gasteiger partial charge >= 0.3 is 0 Å². The molecule has 1 aromatic carbocycles. The van der Waals surface area contributed by atoms with Crippen LogP contribution in [0.5, 0.6) is 11.6 Å². The van der Waals surface area contributed by atoms with E-state index in [1.54, 1.807) is 36.4 Å². The molecule has 0 saturated heterocycles. The molecule has 0 radical (unpaired) electrons. The SMILES string of the molecule is Nc1c(-c2cc(Cc3ccc(Oc4cccc(Cl)n4)cc3)no2)ccc[n+]1COP(=O)([O-])O. The molecule has 1 atom stereocenters. The molecule has 0 aliphatic heterocycles. The highest BCUT2D eigenvalue weighted by Gasteiger charge is 2.18. The van der Waals surface area contributed by atoms with Crippen LogP contribution in [0.3, 0.4) is 0 Å². The van der Waals surface area contributed by atoms with Gasteiger partial charge in [0, 0.05) is 18.6 Å². The van der Waals surface area contributed by atoms with Crippen molar-refractivity contribution in [3.63, 3.8) is 0 Å². The second-order valence-electron chi connectivity index (χ2n) is 6.91. The number of pyridine rings is 2. The molecule has 3 N–H and O–H groups in total. The first-order valence-electron chi connectivity index (χ1n) is 9.58. The minimum Gasteiger partial charge on any atom is -0.756 e. The van der Waals surface area contributed by atoms with Gasteiger partial charge in [-0.1, -0.05) is 35.0 Å². The van der Waals surface area contributed by atoms with Crippen molar-refractivity contribution >= 4 is 25.2 Å². The lowest BCUT2D eigenvalue weighted by molar-refractivity contribution is -0.712. The number of phosphoric acid groups is 1. The van der Waals surface area contributed by atoms with Crippen molar-refractivity contribution < 1.29 is 32.7 Å². The minimum atomic E-state index is -4.88. The van der Waals surface area contributed by atoms with Gasteiger partial charge in [-0.2, -0.15) is 0 Å². The van der Waals surface area contributed by atoms with E-state index in [-0.39, 0.29) is 5.82 Å². The molecule has 3 heterocycles. The molecule has 0 amide bonds. The van der Waals surface area contributed by atoms with E-state index in [0.29, 0.717) is 40.2 Å². The summed E-state index contributed by atoms with van der Waals surface area (Å²) < 4.78 is 27.6. The zero-order valence-electron chi connectivity index (χ0n) is 17.0. The number of rotatable bonds is 8. The number of anilines is 1.